The van der Waals surface area contributed by atoms with Crippen LogP contribution in [0, 0.1) is 0 Å². The molecule has 1 aliphatic carbocycles. The Balaban J connectivity index is 1.69. The molecule has 108 valence electrons. The molecule has 1 unspecified atom stereocenters. The molecule has 3 rings (SSSR count). The summed E-state index contributed by atoms with van der Waals surface area (Å²) in [6.45, 7) is 0.0566. The van der Waals surface area contributed by atoms with Gasteiger partial charge in [-0.2, -0.15) is 0 Å². The van der Waals surface area contributed by atoms with E-state index in [1.54, 1.807) is 30.5 Å². The van der Waals surface area contributed by atoms with Crippen LogP contribution in [-0.4, -0.2) is 17.4 Å². The second-order valence-electron chi connectivity index (χ2n) is 5.20. The number of ketones is 1. The number of carbonyl (C=O) groups is 1. The minimum atomic E-state index is -0.144. The summed E-state index contributed by atoms with van der Waals surface area (Å²) < 4.78 is 5.56. The Morgan fingerprint density at radius 2 is 2.24 bits per heavy atom. The Bertz CT molecular complexity index is 657. The maximum atomic E-state index is 12.4. The van der Waals surface area contributed by atoms with Gasteiger partial charge >= 0.3 is 0 Å². The first-order chi connectivity index (χ1) is 10.2. The van der Waals surface area contributed by atoms with E-state index in [0.29, 0.717) is 10.8 Å². The topological polar surface area (TPSA) is 39.2 Å². The number of nitrogens with zero attached hydrogens (tertiary/aromatic N) is 1. The van der Waals surface area contributed by atoms with Crippen molar-refractivity contribution in [2.45, 2.75) is 25.2 Å². The van der Waals surface area contributed by atoms with E-state index in [9.17, 15) is 4.79 Å². The van der Waals surface area contributed by atoms with Gasteiger partial charge in [0, 0.05) is 11.2 Å². The van der Waals surface area contributed by atoms with Gasteiger partial charge < -0.3 is 4.74 Å². The van der Waals surface area contributed by atoms with Crippen LogP contribution in [0.4, 0.5) is 0 Å². The van der Waals surface area contributed by atoms with Crippen LogP contribution in [0.2, 0.25) is 5.02 Å². The highest BCUT2D eigenvalue weighted by Gasteiger charge is 2.27. The number of benzene rings is 1. The van der Waals surface area contributed by atoms with Gasteiger partial charge in [-0.15, -0.1) is 0 Å². The lowest BCUT2D eigenvalue weighted by atomic mass is 9.84. The van der Waals surface area contributed by atoms with Crippen molar-refractivity contribution >= 4 is 17.4 Å². The van der Waals surface area contributed by atoms with Crippen LogP contribution in [0.5, 0.6) is 5.75 Å². The number of rotatable bonds is 4. The largest absolute Gasteiger partial charge is 0.486 e. The van der Waals surface area contributed by atoms with Gasteiger partial charge in [0.05, 0.1) is 11.6 Å². The summed E-state index contributed by atoms with van der Waals surface area (Å²) >= 11 is 5.90. The molecule has 1 atom stereocenters. The van der Waals surface area contributed by atoms with Crippen LogP contribution >= 0.6 is 11.6 Å². The molecule has 0 aliphatic heterocycles. The number of pyridine rings is 1. The molecule has 2 aromatic rings. The summed E-state index contributed by atoms with van der Waals surface area (Å²) in [7, 11) is 0. The van der Waals surface area contributed by atoms with Gasteiger partial charge in [-0.3, -0.25) is 9.78 Å². The Morgan fingerprint density at radius 1 is 1.33 bits per heavy atom. The molecule has 0 spiro atoms. The number of hydrogen-bond donors (Lipinski definition) is 0. The zero-order valence-corrected chi connectivity index (χ0v) is 12.3. The Kier molecular flexibility index (Phi) is 4.20. The summed E-state index contributed by atoms with van der Waals surface area (Å²) in [6, 6.07) is 11.1. The monoisotopic (exact) mass is 301 g/mol. The standard InChI is InChI=1S/C17H16ClNO2/c18-13-6-2-7-14(10-13)21-11-16(20)15-8-1-4-12-5-3-9-19-17(12)15/h2-3,5-7,9-10,15H,1,4,8,11H2. The molecule has 3 nitrogen and oxygen atoms in total. The van der Waals surface area contributed by atoms with Crippen molar-refractivity contribution in [3.8, 4) is 5.75 Å². The number of hydrogen-bond acceptors (Lipinski definition) is 3. The molecule has 0 fully saturated rings. The quantitative estimate of drug-likeness (QED) is 0.862. The molecule has 0 radical (unpaired) electrons. The molecular formula is C17H16ClNO2. The molecule has 21 heavy (non-hydrogen) atoms. The summed E-state index contributed by atoms with van der Waals surface area (Å²) in [5.74, 6) is 0.552. The maximum Gasteiger partial charge on any atom is 0.179 e. The van der Waals surface area contributed by atoms with Crippen LogP contribution in [-0.2, 0) is 11.2 Å². The summed E-state index contributed by atoms with van der Waals surface area (Å²) in [5, 5.41) is 0.602. The Hall–Kier alpha value is -1.87. The molecule has 1 heterocycles. The lowest BCUT2D eigenvalue weighted by Gasteiger charge is -2.23. The molecule has 0 saturated carbocycles. The molecule has 4 heteroatoms. The molecule has 0 saturated heterocycles. The van der Waals surface area contributed by atoms with Crippen LogP contribution in [0.25, 0.3) is 0 Å². The molecule has 0 bridgehead atoms. The lowest BCUT2D eigenvalue weighted by Crippen LogP contribution is -2.24. The van der Waals surface area contributed by atoms with Gasteiger partial charge in [0.2, 0.25) is 0 Å². The van der Waals surface area contributed by atoms with Crippen molar-refractivity contribution in [1.29, 1.82) is 0 Å². The number of ether oxygens (including phenoxy) is 1. The minimum absolute atomic E-state index is 0.0566. The lowest BCUT2D eigenvalue weighted by molar-refractivity contribution is -0.122. The van der Waals surface area contributed by atoms with E-state index in [0.717, 1.165) is 25.0 Å². The number of aryl methyl sites for hydroxylation is 1. The fourth-order valence-electron chi connectivity index (χ4n) is 2.73. The van der Waals surface area contributed by atoms with E-state index in [2.05, 4.69) is 11.1 Å². The van der Waals surface area contributed by atoms with Gasteiger partial charge in [-0.25, -0.2) is 0 Å². The number of carbonyl (C=O) groups excluding carboxylic acids is 1. The van der Waals surface area contributed by atoms with Gasteiger partial charge in [0.1, 0.15) is 12.4 Å². The van der Waals surface area contributed by atoms with E-state index in [1.165, 1.54) is 5.56 Å². The fraction of sp³-hybridized carbons (Fsp3) is 0.294. The van der Waals surface area contributed by atoms with E-state index < -0.39 is 0 Å². The summed E-state index contributed by atoms with van der Waals surface area (Å²) in [4.78, 5) is 16.8. The number of Topliss-reactive ketones (excluding diaryl/α,β-unsaturated/α-hetero) is 1. The zero-order chi connectivity index (χ0) is 14.7. The van der Waals surface area contributed by atoms with Crippen molar-refractivity contribution in [3.05, 3.63) is 58.9 Å². The average molecular weight is 302 g/mol. The highest BCUT2D eigenvalue weighted by molar-refractivity contribution is 6.30. The third kappa shape index (κ3) is 3.24. The highest BCUT2D eigenvalue weighted by atomic mass is 35.5. The maximum absolute atomic E-state index is 12.4. The van der Waals surface area contributed by atoms with Crippen LogP contribution in [0.3, 0.4) is 0 Å². The second-order valence-corrected chi connectivity index (χ2v) is 5.64. The van der Waals surface area contributed by atoms with Crippen molar-refractivity contribution in [3.63, 3.8) is 0 Å². The van der Waals surface area contributed by atoms with Gasteiger partial charge in [-0.1, -0.05) is 23.7 Å². The smallest absolute Gasteiger partial charge is 0.179 e. The van der Waals surface area contributed by atoms with E-state index in [1.807, 2.05) is 6.07 Å². The van der Waals surface area contributed by atoms with Gasteiger partial charge in [-0.05, 0) is 49.1 Å². The number of aromatic nitrogens is 1. The minimum Gasteiger partial charge on any atom is -0.486 e. The second kappa shape index (κ2) is 6.27. The Morgan fingerprint density at radius 3 is 3.10 bits per heavy atom. The van der Waals surface area contributed by atoms with E-state index in [-0.39, 0.29) is 18.3 Å². The van der Waals surface area contributed by atoms with Crippen LogP contribution in [0.15, 0.2) is 42.6 Å². The Labute approximate surface area is 128 Å². The fourth-order valence-corrected chi connectivity index (χ4v) is 2.91. The molecule has 0 amide bonds. The van der Waals surface area contributed by atoms with Crippen molar-refractivity contribution in [1.82, 2.24) is 4.98 Å². The third-order valence-corrected chi connectivity index (χ3v) is 4.00. The van der Waals surface area contributed by atoms with Crippen LogP contribution in [0.1, 0.15) is 30.0 Å². The van der Waals surface area contributed by atoms with Gasteiger partial charge in [0.15, 0.2) is 5.78 Å². The normalized spacial score (nSPS) is 17.1. The first-order valence-corrected chi connectivity index (χ1v) is 7.47. The van der Waals surface area contributed by atoms with Crippen molar-refractivity contribution < 1.29 is 9.53 Å². The highest BCUT2D eigenvalue weighted by Crippen LogP contribution is 2.30. The van der Waals surface area contributed by atoms with E-state index >= 15 is 0 Å². The first-order valence-electron chi connectivity index (χ1n) is 7.09. The predicted molar refractivity (Wildman–Crippen MR) is 81.9 cm³/mol. The molecule has 1 aromatic heterocycles. The van der Waals surface area contributed by atoms with E-state index in [4.69, 9.17) is 16.3 Å². The van der Waals surface area contributed by atoms with Crippen molar-refractivity contribution in [2.75, 3.05) is 6.61 Å². The predicted octanol–water partition coefficient (Wildman–Crippen LogP) is 3.80. The van der Waals surface area contributed by atoms with Crippen LogP contribution < -0.4 is 4.74 Å². The van der Waals surface area contributed by atoms with Gasteiger partial charge in [0.25, 0.3) is 0 Å². The average Bonchev–Trinajstić information content (AvgIpc) is 2.52. The molecule has 1 aromatic carbocycles. The summed E-state index contributed by atoms with van der Waals surface area (Å²) in [5.41, 5.74) is 2.10. The van der Waals surface area contributed by atoms with Crippen molar-refractivity contribution in [2.24, 2.45) is 0 Å². The SMILES string of the molecule is O=C(COc1cccc(Cl)c1)C1CCCc2cccnc21. The first kappa shape index (κ1) is 14.1. The molecular weight excluding hydrogens is 286 g/mol. The number of fused-ring (bicyclic) bond motifs is 1. The molecule has 1 aliphatic rings. The zero-order valence-electron chi connectivity index (χ0n) is 11.6. The molecule has 0 N–H and O–H groups in total. The third-order valence-electron chi connectivity index (χ3n) is 3.76. The summed E-state index contributed by atoms with van der Waals surface area (Å²) in [6.07, 6.45) is 4.62. The number of halogens is 1.